The van der Waals surface area contributed by atoms with Crippen LogP contribution in [0.5, 0.6) is 11.5 Å². The van der Waals surface area contributed by atoms with Gasteiger partial charge in [-0.1, -0.05) is 82.6 Å². The fourth-order valence-electron chi connectivity index (χ4n) is 8.25. The van der Waals surface area contributed by atoms with E-state index in [1.54, 1.807) is 42.5 Å². The van der Waals surface area contributed by atoms with Gasteiger partial charge in [0.2, 0.25) is 5.91 Å². The summed E-state index contributed by atoms with van der Waals surface area (Å²) < 4.78 is 16.1. The molecule has 0 spiro atoms. The van der Waals surface area contributed by atoms with Gasteiger partial charge in [-0.25, -0.2) is 4.79 Å². The number of carbonyl (C=O) groups excluding carboxylic acids is 4. The molecule has 6 atom stereocenters. The zero-order chi connectivity index (χ0) is 35.8. The van der Waals surface area contributed by atoms with Crippen molar-refractivity contribution in [3.63, 3.8) is 0 Å². The molecule has 1 saturated heterocycles. The van der Waals surface area contributed by atoms with Crippen LogP contribution in [-0.2, 0) is 20.9 Å². The summed E-state index contributed by atoms with van der Waals surface area (Å²) in [5.74, 6) is 0.543. The molecule has 272 valence electrons. The SMILES string of the molecule is CC[C@@](C)(N[C@H]1CCCCCC[C@H]1C(=O)C(C)N1C(=O)[C@@H]2CCCCCC[C@@H]21)C(=O)c1ccc(COC(=O)c2cc(OC)cc(OC)c2)cc1. The molecule has 1 aliphatic heterocycles. The second kappa shape index (κ2) is 17.0. The number of fused-ring (bicyclic) bond motifs is 1. The number of ketones is 2. The first-order valence-electron chi connectivity index (χ1n) is 18.8. The Balaban J connectivity index is 1.25. The van der Waals surface area contributed by atoms with Crippen LogP contribution in [0, 0.1) is 11.8 Å². The lowest BCUT2D eigenvalue weighted by atomic mass is 9.75. The van der Waals surface area contributed by atoms with E-state index >= 15 is 0 Å². The molecular weight excluding hydrogens is 632 g/mol. The van der Waals surface area contributed by atoms with Crippen LogP contribution in [0.15, 0.2) is 42.5 Å². The minimum absolute atomic E-state index is 0.0383. The summed E-state index contributed by atoms with van der Waals surface area (Å²) in [6, 6.07) is 11.6. The first-order valence-corrected chi connectivity index (χ1v) is 18.8. The number of hydrogen-bond donors (Lipinski definition) is 1. The molecule has 9 nitrogen and oxygen atoms in total. The van der Waals surface area contributed by atoms with Gasteiger partial charge < -0.3 is 24.4 Å². The Labute approximate surface area is 297 Å². The Kier molecular flexibility index (Phi) is 12.8. The number of likely N-dealkylation sites (tertiary alicyclic amines) is 1. The van der Waals surface area contributed by atoms with Crippen molar-refractivity contribution in [3.8, 4) is 11.5 Å². The lowest BCUT2D eigenvalue weighted by molar-refractivity contribution is -0.166. The van der Waals surface area contributed by atoms with Crippen molar-refractivity contribution in [1.82, 2.24) is 10.2 Å². The van der Waals surface area contributed by atoms with Crippen molar-refractivity contribution in [2.45, 2.75) is 135 Å². The summed E-state index contributed by atoms with van der Waals surface area (Å²) in [7, 11) is 3.04. The summed E-state index contributed by atoms with van der Waals surface area (Å²) in [6.45, 7) is 5.92. The third kappa shape index (κ3) is 8.42. The maximum absolute atomic E-state index is 14.3. The monoisotopic (exact) mass is 688 g/mol. The highest BCUT2D eigenvalue weighted by molar-refractivity contribution is 6.03. The summed E-state index contributed by atoms with van der Waals surface area (Å²) in [6.07, 6.45) is 12.8. The summed E-state index contributed by atoms with van der Waals surface area (Å²) in [4.78, 5) is 56.5. The van der Waals surface area contributed by atoms with Crippen LogP contribution in [0.1, 0.15) is 131 Å². The van der Waals surface area contributed by atoms with Crippen molar-refractivity contribution in [2.24, 2.45) is 11.8 Å². The molecule has 3 aliphatic rings. The van der Waals surface area contributed by atoms with E-state index in [2.05, 4.69) is 5.32 Å². The number of nitrogens with one attached hydrogen (secondary N) is 1. The van der Waals surface area contributed by atoms with Crippen LogP contribution in [-0.4, -0.2) is 66.2 Å². The number of nitrogens with zero attached hydrogens (tertiary/aromatic N) is 1. The molecule has 1 N–H and O–H groups in total. The molecule has 0 radical (unpaired) electrons. The zero-order valence-electron chi connectivity index (χ0n) is 30.6. The average Bonchev–Trinajstić information content (AvgIpc) is 3.12. The summed E-state index contributed by atoms with van der Waals surface area (Å²) >= 11 is 0. The number of ether oxygens (including phenoxy) is 3. The van der Waals surface area contributed by atoms with Gasteiger partial charge in [0.25, 0.3) is 0 Å². The Bertz CT molecular complexity index is 1480. The van der Waals surface area contributed by atoms with E-state index in [0.29, 0.717) is 29.0 Å². The fourth-order valence-corrected chi connectivity index (χ4v) is 8.25. The van der Waals surface area contributed by atoms with E-state index in [-0.39, 0.29) is 48.0 Å². The quantitative estimate of drug-likeness (QED) is 0.131. The molecule has 1 heterocycles. The minimum Gasteiger partial charge on any atom is -0.497 e. The van der Waals surface area contributed by atoms with E-state index in [4.69, 9.17) is 14.2 Å². The van der Waals surface area contributed by atoms with Gasteiger partial charge in [0.1, 0.15) is 18.1 Å². The maximum Gasteiger partial charge on any atom is 0.338 e. The third-order valence-corrected chi connectivity index (χ3v) is 11.5. The van der Waals surface area contributed by atoms with E-state index in [9.17, 15) is 19.2 Å². The topological polar surface area (TPSA) is 111 Å². The smallest absolute Gasteiger partial charge is 0.338 e. The van der Waals surface area contributed by atoms with Gasteiger partial charge in [0.15, 0.2) is 11.6 Å². The molecule has 50 heavy (non-hydrogen) atoms. The van der Waals surface area contributed by atoms with Gasteiger partial charge in [0.05, 0.1) is 37.3 Å². The fraction of sp³-hybridized carbons (Fsp3) is 0.610. The third-order valence-electron chi connectivity index (χ3n) is 11.5. The van der Waals surface area contributed by atoms with Crippen molar-refractivity contribution >= 4 is 23.4 Å². The lowest BCUT2D eigenvalue weighted by Crippen LogP contribution is -2.66. The highest BCUT2D eigenvalue weighted by atomic mass is 16.5. The number of rotatable bonds is 13. The number of Topliss-reactive ketones (excluding diaryl/α,β-unsaturated/α-hetero) is 2. The molecular formula is C41H56N2O7. The van der Waals surface area contributed by atoms with E-state index in [1.165, 1.54) is 27.1 Å². The Morgan fingerprint density at radius 2 is 1.44 bits per heavy atom. The predicted molar refractivity (Wildman–Crippen MR) is 193 cm³/mol. The molecule has 2 saturated carbocycles. The van der Waals surface area contributed by atoms with Crippen molar-refractivity contribution in [1.29, 1.82) is 0 Å². The van der Waals surface area contributed by atoms with Gasteiger partial charge in [-0.2, -0.15) is 0 Å². The van der Waals surface area contributed by atoms with Gasteiger partial charge in [-0.05, 0) is 63.6 Å². The first kappa shape index (κ1) is 37.5. The molecule has 2 aromatic rings. The number of carbonyl (C=O) groups is 4. The summed E-state index contributed by atoms with van der Waals surface area (Å²) in [5.41, 5.74) is 0.738. The highest BCUT2D eigenvalue weighted by Crippen LogP contribution is 2.39. The van der Waals surface area contributed by atoms with E-state index < -0.39 is 17.6 Å². The van der Waals surface area contributed by atoms with Crippen LogP contribution >= 0.6 is 0 Å². The van der Waals surface area contributed by atoms with Crippen LogP contribution in [0.3, 0.4) is 0 Å². The van der Waals surface area contributed by atoms with Crippen LogP contribution in [0.4, 0.5) is 0 Å². The summed E-state index contributed by atoms with van der Waals surface area (Å²) in [5, 5.41) is 3.72. The number of β-lactam (4-membered cyclic amide) rings is 1. The molecule has 0 aromatic heterocycles. The average molecular weight is 689 g/mol. The Morgan fingerprint density at radius 3 is 2.06 bits per heavy atom. The number of methoxy groups -OCH3 is 2. The van der Waals surface area contributed by atoms with Crippen LogP contribution < -0.4 is 14.8 Å². The van der Waals surface area contributed by atoms with E-state index in [1.807, 2.05) is 25.7 Å². The normalized spacial score (nSPS) is 24.5. The standard InChI is InChI=1S/C41H56N2O7/c1-6-41(3,38(45)29-21-19-28(20-22-29)26-50-40(47)30-23-31(48-4)25-32(24-30)49-5)42-35-17-13-9-7-11-15-33(35)37(44)27(2)43-36-18-14-10-8-12-16-34(36)39(43)46/h19-25,27,33-36,42H,6-18,26H2,1-5H3/t27?,33-,34-,35+,36+,41-/m1/s1. The van der Waals surface area contributed by atoms with Crippen molar-refractivity contribution < 1.29 is 33.4 Å². The van der Waals surface area contributed by atoms with Crippen molar-refractivity contribution in [3.05, 3.63) is 59.2 Å². The molecule has 2 aromatic carbocycles. The van der Waals surface area contributed by atoms with Crippen LogP contribution in [0.25, 0.3) is 0 Å². The van der Waals surface area contributed by atoms with Gasteiger partial charge in [-0.15, -0.1) is 0 Å². The first-order chi connectivity index (χ1) is 24.1. The Hall–Kier alpha value is -3.72. The number of hydrogen-bond acceptors (Lipinski definition) is 8. The number of amides is 1. The van der Waals surface area contributed by atoms with Gasteiger partial charge in [0, 0.05) is 29.6 Å². The van der Waals surface area contributed by atoms with Gasteiger partial charge in [-0.3, -0.25) is 14.4 Å². The minimum atomic E-state index is -0.887. The number of esters is 1. The van der Waals surface area contributed by atoms with E-state index in [0.717, 1.165) is 69.8 Å². The molecule has 9 heteroatoms. The largest absolute Gasteiger partial charge is 0.497 e. The maximum atomic E-state index is 14.3. The molecule has 2 aliphatic carbocycles. The van der Waals surface area contributed by atoms with Crippen LogP contribution in [0.2, 0.25) is 0 Å². The molecule has 5 rings (SSSR count). The Morgan fingerprint density at radius 1 is 0.840 bits per heavy atom. The molecule has 0 bridgehead atoms. The number of benzene rings is 2. The van der Waals surface area contributed by atoms with Gasteiger partial charge >= 0.3 is 5.97 Å². The molecule has 1 unspecified atom stereocenters. The molecule has 1 amide bonds. The highest BCUT2D eigenvalue weighted by Gasteiger charge is 2.51. The molecule has 3 fully saturated rings. The second-order valence-electron chi connectivity index (χ2n) is 14.7. The predicted octanol–water partition coefficient (Wildman–Crippen LogP) is 7.48. The van der Waals surface area contributed by atoms with Crippen molar-refractivity contribution in [2.75, 3.05) is 14.2 Å². The second-order valence-corrected chi connectivity index (χ2v) is 14.7. The lowest BCUT2D eigenvalue weighted by Gasteiger charge is -2.51. The zero-order valence-corrected chi connectivity index (χ0v) is 30.6.